The van der Waals surface area contributed by atoms with Crippen LogP contribution in [0.3, 0.4) is 0 Å². The molecule has 3 saturated heterocycles. The van der Waals surface area contributed by atoms with Gasteiger partial charge in [-0.25, -0.2) is 4.39 Å². The maximum absolute atomic E-state index is 13.5. The van der Waals surface area contributed by atoms with Crippen molar-refractivity contribution in [1.29, 1.82) is 5.26 Å². The number of hydrogen-bond donors (Lipinski definition) is 1. The van der Waals surface area contributed by atoms with Crippen LogP contribution >= 0.6 is 0 Å². The Balaban J connectivity index is 1.15. The number of piperazine rings is 1. The van der Waals surface area contributed by atoms with Crippen molar-refractivity contribution in [2.24, 2.45) is 17.6 Å². The van der Waals surface area contributed by atoms with E-state index in [-0.39, 0.29) is 47.8 Å². The zero-order valence-corrected chi connectivity index (χ0v) is 18.6. The van der Waals surface area contributed by atoms with Gasteiger partial charge in [-0.05, 0) is 61.6 Å². The molecule has 3 heterocycles. The quantitative estimate of drug-likeness (QED) is 0.712. The highest BCUT2D eigenvalue weighted by Gasteiger charge is 2.56. The molecule has 2 bridgehead atoms. The molecule has 1 aromatic carbocycles. The molecule has 1 aromatic rings. The fraction of sp³-hybridized carbons (Fsp3) is 0.640. The van der Waals surface area contributed by atoms with Crippen LogP contribution in [0.1, 0.15) is 50.1 Å². The number of nitrogens with two attached hydrogens (primary N) is 1. The average molecular weight is 452 g/mol. The first-order valence-corrected chi connectivity index (χ1v) is 12.3. The van der Waals surface area contributed by atoms with Gasteiger partial charge in [0.2, 0.25) is 11.8 Å². The minimum atomic E-state index is -0.722. The number of hydrogen-bond acceptors (Lipinski definition) is 5. The number of fused-ring (bicyclic) bond motifs is 3. The summed E-state index contributed by atoms with van der Waals surface area (Å²) in [5, 5.41) is 9.40. The summed E-state index contributed by atoms with van der Waals surface area (Å²) in [7, 11) is 0. The van der Waals surface area contributed by atoms with Crippen molar-refractivity contribution in [1.82, 2.24) is 14.7 Å². The number of carbonyl (C=O) groups is 2. The number of nitriles is 1. The zero-order chi connectivity index (χ0) is 22.9. The van der Waals surface area contributed by atoms with Gasteiger partial charge >= 0.3 is 0 Å². The summed E-state index contributed by atoms with van der Waals surface area (Å²) >= 11 is 0. The van der Waals surface area contributed by atoms with E-state index in [2.05, 4.69) is 11.0 Å². The third-order valence-corrected chi connectivity index (χ3v) is 8.68. The highest BCUT2D eigenvalue weighted by Crippen LogP contribution is 2.49. The molecule has 2 N–H and O–H groups in total. The Morgan fingerprint density at radius 1 is 1.21 bits per heavy atom. The minimum absolute atomic E-state index is 0.00732. The van der Waals surface area contributed by atoms with Crippen molar-refractivity contribution in [3.05, 3.63) is 35.6 Å². The van der Waals surface area contributed by atoms with Crippen LogP contribution in [0.2, 0.25) is 0 Å². The van der Waals surface area contributed by atoms with Gasteiger partial charge in [-0.15, -0.1) is 0 Å². The van der Waals surface area contributed by atoms with Gasteiger partial charge in [0.15, 0.2) is 0 Å². The van der Waals surface area contributed by atoms with E-state index in [1.165, 1.54) is 18.6 Å². The van der Waals surface area contributed by atoms with Crippen LogP contribution in [-0.4, -0.2) is 69.8 Å². The van der Waals surface area contributed by atoms with Crippen LogP contribution in [0.15, 0.2) is 24.3 Å². The van der Waals surface area contributed by atoms with Crippen molar-refractivity contribution < 1.29 is 14.0 Å². The van der Waals surface area contributed by atoms with Crippen LogP contribution in [0, 0.1) is 29.0 Å². The van der Waals surface area contributed by atoms with E-state index in [1.807, 2.05) is 17.0 Å². The first kappa shape index (κ1) is 21.1. The second-order valence-corrected chi connectivity index (χ2v) is 10.6. The maximum Gasteiger partial charge on any atom is 0.242 e. The third kappa shape index (κ3) is 3.36. The van der Waals surface area contributed by atoms with E-state index >= 15 is 0 Å². The molecular weight excluding hydrogens is 421 g/mol. The maximum atomic E-state index is 13.5. The molecule has 174 valence electrons. The lowest BCUT2D eigenvalue weighted by Gasteiger charge is -2.45. The molecule has 1 unspecified atom stereocenters. The second kappa shape index (κ2) is 7.78. The van der Waals surface area contributed by atoms with Gasteiger partial charge in [0, 0.05) is 25.2 Å². The van der Waals surface area contributed by atoms with Gasteiger partial charge in [-0.1, -0.05) is 18.6 Å². The van der Waals surface area contributed by atoms with Gasteiger partial charge in [0.05, 0.1) is 24.2 Å². The van der Waals surface area contributed by atoms with E-state index in [9.17, 15) is 19.2 Å². The van der Waals surface area contributed by atoms with Crippen LogP contribution in [0.5, 0.6) is 0 Å². The summed E-state index contributed by atoms with van der Waals surface area (Å²) in [5.41, 5.74) is 7.34. The Morgan fingerprint density at radius 3 is 2.61 bits per heavy atom. The van der Waals surface area contributed by atoms with Crippen molar-refractivity contribution in [3.63, 3.8) is 0 Å². The molecule has 7 nitrogen and oxygen atoms in total. The lowest BCUT2D eigenvalue weighted by atomic mass is 9.76. The zero-order valence-electron chi connectivity index (χ0n) is 18.6. The third-order valence-electron chi connectivity index (χ3n) is 8.68. The summed E-state index contributed by atoms with van der Waals surface area (Å²) in [6.07, 6.45) is 5.83. The Hall–Kier alpha value is -2.50. The van der Waals surface area contributed by atoms with E-state index < -0.39 is 6.04 Å². The number of halogens is 1. The van der Waals surface area contributed by atoms with Crippen molar-refractivity contribution in [3.8, 4) is 6.07 Å². The van der Waals surface area contributed by atoms with Crippen LogP contribution in [-0.2, 0) is 9.59 Å². The topological polar surface area (TPSA) is 93.7 Å². The molecule has 2 amide bonds. The smallest absolute Gasteiger partial charge is 0.242 e. The number of likely N-dealkylation sites (tertiary alicyclic amines) is 3. The molecule has 0 spiro atoms. The van der Waals surface area contributed by atoms with E-state index in [1.54, 1.807) is 4.90 Å². The highest BCUT2D eigenvalue weighted by atomic mass is 19.1. The summed E-state index contributed by atoms with van der Waals surface area (Å²) in [6, 6.07) is 7.77. The average Bonchev–Trinajstić information content (AvgIpc) is 3.11. The van der Waals surface area contributed by atoms with E-state index in [0.29, 0.717) is 24.9 Å². The van der Waals surface area contributed by atoms with Crippen LogP contribution < -0.4 is 5.73 Å². The molecule has 33 heavy (non-hydrogen) atoms. The lowest BCUT2D eigenvalue weighted by Crippen LogP contribution is -2.58. The number of amides is 2. The molecule has 3 aliphatic heterocycles. The van der Waals surface area contributed by atoms with Crippen molar-refractivity contribution in [2.75, 3.05) is 13.1 Å². The number of benzene rings is 1. The second-order valence-electron chi connectivity index (χ2n) is 10.6. The van der Waals surface area contributed by atoms with Crippen molar-refractivity contribution in [2.45, 2.75) is 74.8 Å². The van der Waals surface area contributed by atoms with Crippen LogP contribution in [0.25, 0.3) is 0 Å². The molecule has 5 aliphatic rings. The fourth-order valence-electron chi connectivity index (χ4n) is 6.74. The molecule has 8 heteroatoms. The Bertz CT molecular complexity index is 1010. The van der Waals surface area contributed by atoms with E-state index in [4.69, 9.17) is 5.73 Å². The van der Waals surface area contributed by atoms with Crippen molar-refractivity contribution >= 4 is 11.8 Å². The van der Waals surface area contributed by atoms with E-state index in [0.717, 1.165) is 37.7 Å². The molecule has 0 aromatic heterocycles. The summed E-state index contributed by atoms with van der Waals surface area (Å²) < 4.78 is 13.5. The lowest BCUT2D eigenvalue weighted by molar-refractivity contribution is -0.143. The van der Waals surface area contributed by atoms with Gasteiger partial charge in [-0.2, -0.15) is 5.26 Å². The monoisotopic (exact) mass is 451 g/mol. The summed E-state index contributed by atoms with van der Waals surface area (Å²) in [5.74, 6) is 0.557. The van der Waals surface area contributed by atoms with Gasteiger partial charge < -0.3 is 15.5 Å². The number of piperidine rings is 1. The number of nitrogens with zero attached hydrogens (tertiary/aromatic N) is 4. The van der Waals surface area contributed by atoms with Gasteiger partial charge in [-0.3, -0.25) is 14.5 Å². The predicted molar refractivity (Wildman–Crippen MR) is 118 cm³/mol. The number of rotatable bonds is 6. The Morgan fingerprint density at radius 2 is 1.97 bits per heavy atom. The molecule has 5 fully saturated rings. The summed E-state index contributed by atoms with van der Waals surface area (Å²) in [6.45, 7) is 1.05. The van der Waals surface area contributed by atoms with Crippen LogP contribution in [0.4, 0.5) is 4.39 Å². The molecule has 6 rings (SSSR count). The highest BCUT2D eigenvalue weighted by molar-refractivity contribution is 5.87. The predicted octanol–water partition coefficient (Wildman–Crippen LogP) is 1.79. The first-order valence-electron chi connectivity index (χ1n) is 12.3. The standard InChI is InChI=1S/C25H30FN5O2/c26-17-6-4-15(5-7-17)23(14-2-1-3-14)31-19-10-22(25(31)33)29(12-19)13-20(28)24(32)30-18(11-27)8-16-9-21(16)30/h4-7,14,16,18-23H,1-3,8-10,12-13,28H2/t16-,18+,19?,20+,21+,22-,23+/m1/s1. The minimum Gasteiger partial charge on any atom is -0.330 e. The van der Waals surface area contributed by atoms with Gasteiger partial charge in [0.1, 0.15) is 11.9 Å². The largest absolute Gasteiger partial charge is 0.330 e. The number of carbonyl (C=O) groups excluding carboxylic acids is 2. The first-order chi connectivity index (χ1) is 16.0. The molecule has 7 atom stereocenters. The Kier molecular flexibility index (Phi) is 4.96. The Labute approximate surface area is 193 Å². The normalized spacial score (nSPS) is 34.7. The molecule has 0 radical (unpaired) electrons. The SMILES string of the molecule is N#C[C@@H]1C[C@@H]2C[C@@H]2N1C(=O)[C@@H](N)CN1CC2C[C@@H]1C(=O)N2[C@H](c1ccc(F)cc1)C1CCC1. The molecule has 2 saturated carbocycles. The molecular formula is C25H30FN5O2. The van der Waals surface area contributed by atoms with Gasteiger partial charge in [0.25, 0.3) is 0 Å². The fourth-order valence-corrected chi connectivity index (χ4v) is 6.74. The summed E-state index contributed by atoms with van der Waals surface area (Å²) in [4.78, 5) is 32.4. The molecule has 2 aliphatic carbocycles.